The zero-order chi connectivity index (χ0) is 29.6. The van der Waals surface area contributed by atoms with Crippen molar-refractivity contribution in [1.82, 2.24) is 16.0 Å². The number of aliphatic hydroxyl groups is 1. The number of hydrogen-bond acceptors (Lipinski definition) is 4. The molecule has 216 valence electrons. The number of benzene rings is 1. The van der Waals surface area contributed by atoms with Crippen molar-refractivity contribution in [2.45, 2.75) is 125 Å². The number of aryl methyl sites for hydroxylation is 1. The largest absolute Gasteiger partial charge is 0.389 e. The lowest BCUT2D eigenvalue weighted by Gasteiger charge is -2.22. The first kappa shape index (κ1) is 37.4. The van der Waals surface area contributed by atoms with Gasteiger partial charge in [-0.05, 0) is 64.0 Å². The molecule has 6 heteroatoms. The molecule has 1 saturated heterocycles. The molecule has 1 aromatic carbocycles. The summed E-state index contributed by atoms with van der Waals surface area (Å²) in [5, 5.41) is 19.2. The Morgan fingerprint density at radius 1 is 1.11 bits per heavy atom. The van der Waals surface area contributed by atoms with Gasteiger partial charge in [0.05, 0.1) is 5.60 Å². The van der Waals surface area contributed by atoms with Gasteiger partial charge in [0, 0.05) is 37.7 Å². The van der Waals surface area contributed by atoms with Crippen molar-refractivity contribution in [2.24, 2.45) is 0 Å². The molecule has 1 atom stereocenters. The minimum Gasteiger partial charge on any atom is -0.389 e. The van der Waals surface area contributed by atoms with E-state index in [0.29, 0.717) is 25.6 Å². The van der Waals surface area contributed by atoms with Crippen LogP contribution in [0.2, 0.25) is 0 Å². The molecule has 0 saturated carbocycles. The minimum atomic E-state index is -0.774. The molecule has 0 radical (unpaired) electrons. The summed E-state index contributed by atoms with van der Waals surface area (Å²) in [4.78, 5) is 23.0. The monoisotopic (exact) mass is 529 g/mol. The van der Waals surface area contributed by atoms with Crippen molar-refractivity contribution in [1.29, 1.82) is 0 Å². The molecule has 1 aliphatic rings. The number of unbranched alkanes of at least 4 members (excludes halogenated alkanes) is 1. The molecular weight excluding hydrogens is 474 g/mol. The maximum atomic E-state index is 12.5. The van der Waals surface area contributed by atoms with E-state index in [-0.39, 0.29) is 11.8 Å². The Hall–Kier alpha value is -2.78. The van der Waals surface area contributed by atoms with Crippen LogP contribution in [0.3, 0.4) is 0 Å². The van der Waals surface area contributed by atoms with E-state index in [1.807, 2.05) is 26.0 Å². The molecule has 1 aromatic rings. The van der Waals surface area contributed by atoms with Crippen molar-refractivity contribution in [3.63, 3.8) is 0 Å². The van der Waals surface area contributed by atoms with Crippen LogP contribution in [0.1, 0.15) is 111 Å². The van der Waals surface area contributed by atoms with Gasteiger partial charge in [-0.3, -0.25) is 9.59 Å². The number of nitrogens with one attached hydrogen (secondary N) is 3. The molecule has 1 heterocycles. The van der Waals surface area contributed by atoms with Gasteiger partial charge >= 0.3 is 0 Å². The molecule has 38 heavy (non-hydrogen) atoms. The normalized spacial score (nSPS) is 14.7. The fourth-order valence-electron chi connectivity index (χ4n) is 3.71. The van der Waals surface area contributed by atoms with Gasteiger partial charge in [0.15, 0.2) is 0 Å². The second kappa shape index (κ2) is 22.2. The van der Waals surface area contributed by atoms with Gasteiger partial charge in [-0.2, -0.15) is 0 Å². The first-order valence-corrected chi connectivity index (χ1v) is 14.2. The van der Waals surface area contributed by atoms with Gasteiger partial charge in [-0.25, -0.2) is 0 Å². The van der Waals surface area contributed by atoms with E-state index in [1.165, 1.54) is 5.56 Å². The smallest absolute Gasteiger partial charge is 0.224 e. The lowest BCUT2D eigenvalue weighted by Crippen LogP contribution is -2.35. The van der Waals surface area contributed by atoms with Crippen molar-refractivity contribution in [3.05, 3.63) is 46.7 Å². The standard InChI is InChI=1S/C22H36N2O2.C6H11NO.C2H6.C2H2/c1-6-8-9-19(20(7-2)24-16-22(4,5)26)14-21(25)23-15-18-12-10-17(3)11-13-18;1-2-5-3-4-6(8)7-5;2*1-2/h10-13,24,26H,6-9,14-16H2,1-5H3,(H,23,25);5H,2-4H2,1H3,(H,7,8);1-2H3;1-2H/b20-19-;;;. The van der Waals surface area contributed by atoms with Gasteiger partial charge in [0.25, 0.3) is 0 Å². The van der Waals surface area contributed by atoms with Crippen LogP contribution in [0.4, 0.5) is 0 Å². The number of allylic oxidation sites excluding steroid dienone is 1. The summed E-state index contributed by atoms with van der Waals surface area (Å²) in [6.07, 6.45) is 15.2. The van der Waals surface area contributed by atoms with Crippen molar-refractivity contribution in [2.75, 3.05) is 6.54 Å². The quantitative estimate of drug-likeness (QED) is 0.244. The average molecular weight is 530 g/mol. The van der Waals surface area contributed by atoms with E-state index in [0.717, 1.165) is 61.8 Å². The number of carbonyl (C=O) groups excluding carboxylic acids is 2. The van der Waals surface area contributed by atoms with E-state index in [2.05, 4.69) is 68.6 Å². The predicted molar refractivity (Wildman–Crippen MR) is 161 cm³/mol. The van der Waals surface area contributed by atoms with E-state index in [9.17, 15) is 14.7 Å². The summed E-state index contributed by atoms with van der Waals surface area (Å²) in [6.45, 7) is 17.0. The predicted octanol–water partition coefficient (Wildman–Crippen LogP) is 6.17. The highest BCUT2D eigenvalue weighted by Crippen LogP contribution is 2.18. The van der Waals surface area contributed by atoms with E-state index < -0.39 is 5.60 Å². The highest BCUT2D eigenvalue weighted by atomic mass is 16.3. The van der Waals surface area contributed by atoms with Crippen LogP contribution in [-0.4, -0.2) is 35.1 Å². The maximum absolute atomic E-state index is 12.5. The first-order chi connectivity index (χ1) is 18.1. The Morgan fingerprint density at radius 2 is 1.71 bits per heavy atom. The summed E-state index contributed by atoms with van der Waals surface area (Å²) in [5.41, 5.74) is 3.80. The number of rotatable bonds is 12. The molecule has 6 nitrogen and oxygen atoms in total. The van der Waals surface area contributed by atoms with Crippen LogP contribution in [0.25, 0.3) is 0 Å². The summed E-state index contributed by atoms with van der Waals surface area (Å²) >= 11 is 0. The summed E-state index contributed by atoms with van der Waals surface area (Å²) in [6, 6.07) is 8.69. The van der Waals surface area contributed by atoms with Crippen LogP contribution in [0, 0.1) is 19.8 Å². The molecule has 0 aromatic heterocycles. The van der Waals surface area contributed by atoms with E-state index in [1.54, 1.807) is 13.8 Å². The average Bonchev–Trinajstić information content (AvgIpc) is 3.34. The summed E-state index contributed by atoms with van der Waals surface area (Å²) < 4.78 is 0. The van der Waals surface area contributed by atoms with E-state index in [4.69, 9.17) is 0 Å². The van der Waals surface area contributed by atoms with Crippen LogP contribution in [-0.2, 0) is 16.1 Å². The molecule has 0 aliphatic carbocycles. The highest BCUT2D eigenvalue weighted by Gasteiger charge is 2.18. The summed E-state index contributed by atoms with van der Waals surface area (Å²) in [7, 11) is 0. The third kappa shape index (κ3) is 18.5. The molecule has 2 rings (SSSR count). The van der Waals surface area contributed by atoms with Crippen molar-refractivity contribution >= 4 is 11.8 Å². The lowest BCUT2D eigenvalue weighted by molar-refractivity contribution is -0.121. The molecule has 1 aliphatic heterocycles. The number of carbonyl (C=O) groups is 2. The molecule has 4 N–H and O–H groups in total. The topological polar surface area (TPSA) is 90.5 Å². The van der Waals surface area contributed by atoms with Crippen LogP contribution in [0.5, 0.6) is 0 Å². The van der Waals surface area contributed by atoms with Crippen LogP contribution < -0.4 is 16.0 Å². The maximum Gasteiger partial charge on any atom is 0.224 e. The number of amides is 2. The molecule has 2 amide bonds. The Labute approximate surface area is 233 Å². The van der Waals surface area contributed by atoms with Gasteiger partial charge in [0.1, 0.15) is 0 Å². The Balaban J connectivity index is 0. The molecule has 0 spiro atoms. The van der Waals surface area contributed by atoms with Crippen molar-refractivity contribution in [3.8, 4) is 12.8 Å². The van der Waals surface area contributed by atoms with Gasteiger partial charge in [-0.1, -0.05) is 70.9 Å². The second-order valence-corrected chi connectivity index (χ2v) is 9.86. The number of terminal acetylenes is 1. The van der Waals surface area contributed by atoms with E-state index >= 15 is 0 Å². The third-order valence-electron chi connectivity index (χ3n) is 5.91. The fraction of sp³-hybridized carbons (Fsp3) is 0.625. The van der Waals surface area contributed by atoms with Gasteiger partial charge in [-0.15, -0.1) is 12.8 Å². The molecule has 1 fully saturated rings. The Bertz CT molecular complexity index is 821. The van der Waals surface area contributed by atoms with Crippen LogP contribution in [0.15, 0.2) is 35.5 Å². The van der Waals surface area contributed by atoms with Gasteiger partial charge < -0.3 is 21.1 Å². The molecular formula is C32H55N3O3. The second-order valence-electron chi connectivity index (χ2n) is 9.86. The minimum absolute atomic E-state index is 0.0488. The van der Waals surface area contributed by atoms with Crippen LogP contribution >= 0.6 is 0 Å². The zero-order valence-electron chi connectivity index (χ0n) is 25.4. The van der Waals surface area contributed by atoms with Gasteiger partial charge in [0.2, 0.25) is 11.8 Å². The van der Waals surface area contributed by atoms with Crippen molar-refractivity contribution < 1.29 is 14.7 Å². The SMILES string of the molecule is C#C.CC.CCC1CCC(=O)N1.CCCC/C(CC(=O)NCc1ccc(C)cc1)=C(\CC)NCC(C)(C)O. The Morgan fingerprint density at radius 3 is 2.13 bits per heavy atom. The lowest BCUT2D eigenvalue weighted by atomic mass is 10.0. The molecule has 0 bridgehead atoms. The number of hydrogen-bond donors (Lipinski definition) is 4. The summed E-state index contributed by atoms with van der Waals surface area (Å²) in [5.74, 6) is 0.268. The fourth-order valence-corrected chi connectivity index (χ4v) is 3.71. The molecule has 1 unspecified atom stereocenters. The highest BCUT2D eigenvalue weighted by molar-refractivity contribution is 5.79. The zero-order valence-corrected chi connectivity index (χ0v) is 25.4. The Kier molecular flexibility index (Phi) is 21.9. The first-order valence-electron chi connectivity index (χ1n) is 14.2. The third-order valence-corrected chi connectivity index (χ3v) is 5.91.